The van der Waals surface area contributed by atoms with Gasteiger partial charge in [0, 0.05) is 13.5 Å². The van der Waals surface area contributed by atoms with Crippen molar-refractivity contribution in [1.29, 1.82) is 0 Å². The van der Waals surface area contributed by atoms with Gasteiger partial charge in [-0.3, -0.25) is 4.79 Å². The van der Waals surface area contributed by atoms with Gasteiger partial charge in [0.15, 0.2) is 0 Å². The molecule has 146 valence electrons. The van der Waals surface area contributed by atoms with Crippen LogP contribution in [0.1, 0.15) is 5.56 Å². The maximum atomic E-state index is 12.6. The Bertz CT molecular complexity index is 1100. The molecule has 3 aromatic rings. The molecule has 0 spiro atoms. The predicted molar refractivity (Wildman–Crippen MR) is 103 cm³/mol. The molecule has 0 saturated heterocycles. The molecule has 2 N–H and O–H groups in total. The van der Waals surface area contributed by atoms with Crippen LogP contribution in [-0.4, -0.2) is 42.8 Å². The number of rotatable bonds is 7. The van der Waals surface area contributed by atoms with Crippen molar-refractivity contribution >= 4 is 26.9 Å². The average Bonchev–Trinajstić information content (AvgIpc) is 2.66. The summed E-state index contributed by atoms with van der Waals surface area (Å²) in [6, 6.07) is 16.6. The molecule has 0 aliphatic heterocycles. The van der Waals surface area contributed by atoms with Gasteiger partial charge in [0.25, 0.3) is 0 Å². The van der Waals surface area contributed by atoms with E-state index in [1.165, 1.54) is 31.3 Å². The highest BCUT2D eigenvalue weighted by Crippen LogP contribution is 2.22. The number of carbonyl (C=O) groups is 1. The number of carboxylic acids is 1. The Labute approximate surface area is 162 Å². The Morgan fingerprint density at radius 1 is 1.04 bits per heavy atom. The third kappa shape index (κ3) is 4.48. The van der Waals surface area contributed by atoms with Gasteiger partial charge in [-0.2, -0.15) is 17.8 Å². The molecule has 0 fully saturated rings. The highest BCUT2D eigenvalue weighted by molar-refractivity contribution is 7.86. The van der Waals surface area contributed by atoms with Crippen LogP contribution < -0.4 is 0 Å². The molecule has 0 radical (unpaired) electrons. The van der Waals surface area contributed by atoms with E-state index in [-0.39, 0.29) is 17.1 Å². The third-order valence-electron chi connectivity index (χ3n) is 4.31. The molecule has 0 aromatic heterocycles. The first kappa shape index (κ1) is 19.8. The second-order valence-electron chi connectivity index (χ2n) is 6.31. The summed E-state index contributed by atoms with van der Waals surface area (Å²) in [4.78, 5) is 11.6. The molecule has 0 aliphatic rings. The Hall–Kier alpha value is -2.94. The van der Waals surface area contributed by atoms with Gasteiger partial charge in [0.1, 0.15) is 11.8 Å². The maximum absolute atomic E-state index is 12.6. The Kier molecular flexibility index (Phi) is 5.64. The van der Waals surface area contributed by atoms with E-state index in [0.29, 0.717) is 5.56 Å². The van der Waals surface area contributed by atoms with E-state index >= 15 is 0 Å². The Balaban J connectivity index is 1.81. The highest BCUT2D eigenvalue weighted by Gasteiger charge is 2.29. The Morgan fingerprint density at radius 3 is 2.32 bits per heavy atom. The van der Waals surface area contributed by atoms with E-state index in [4.69, 9.17) is 4.28 Å². The molecule has 0 aliphatic carbocycles. The topological polar surface area (TPSA) is 104 Å². The first-order chi connectivity index (χ1) is 13.3. The molecular formula is C20H19NO6S. The van der Waals surface area contributed by atoms with Crippen molar-refractivity contribution in [2.75, 3.05) is 7.05 Å². The molecule has 0 unspecified atom stereocenters. The van der Waals surface area contributed by atoms with Crippen molar-refractivity contribution in [2.24, 2.45) is 0 Å². The van der Waals surface area contributed by atoms with E-state index in [1.807, 2.05) is 12.1 Å². The normalized spacial score (nSPS) is 12.9. The van der Waals surface area contributed by atoms with Crippen LogP contribution in [0.2, 0.25) is 0 Å². The fourth-order valence-corrected chi connectivity index (χ4v) is 3.80. The summed E-state index contributed by atoms with van der Waals surface area (Å²) in [5.41, 5.74) is 0.615. The van der Waals surface area contributed by atoms with E-state index in [9.17, 15) is 23.4 Å². The zero-order valence-corrected chi connectivity index (χ0v) is 15.8. The lowest BCUT2D eigenvalue weighted by Crippen LogP contribution is -2.41. The fraction of sp³-hybridized carbons (Fsp3) is 0.150. The summed E-state index contributed by atoms with van der Waals surface area (Å²) in [5.74, 6) is -1.18. The van der Waals surface area contributed by atoms with Gasteiger partial charge in [-0.05, 0) is 40.6 Å². The molecule has 0 heterocycles. The summed E-state index contributed by atoms with van der Waals surface area (Å²) < 4.78 is 30.3. The van der Waals surface area contributed by atoms with Crippen LogP contribution in [0.25, 0.3) is 10.8 Å². The molecule has 0 saturated carbocycles. The number of fused-ring (bicyclic) bond motifs is 1. The molecule has 3 aromatic carbocycles. The lowest BCUT2D eigenvalue weighted by atomic mass is 10.1. The highest BCUT2D eigenvalue weighted by atomic mass is 32.2. The van der Waals surface area contributed by atoms with E-state index in [1.54, 1.807) is 30.3 Å². The molecule has 3 rings (SSSR count). The second-order valence-corrected chi connectivity index (χ2v) is 7.84. The van der Waals surface area contributed by atoms with Crippen LogP contribution in [0.3, 0.4) is 0 Å². The van der Waals surface area contributed by atoms with Gasteiger partial charge >= 0.3 is 16.1 Å². The van der Waals surface area contributed by atoms with E-state index < -0.39 is 22.1 Å². The SMILES string of the molecule is CN(OS(=O)(=O)c1ccc2ccccc2c1)[C@@H](Cc1ccc(O)cc1)C(=O)O. The van der Waals surface area contributed by atoms with Crippen LogP contribution in [0.5, 0.6) is 5.75 Å². The van der Waals surface area contributed by atoms with Crippen molar-refractivity contribution < 1.29 is 27.7 Å². The molecular weight excluding hydrogens is 382 g/mol. The molecule has 28 heavy (non-hydrogen) atoms. The fourth-order valence-electron chi connectivity index (χ4n) is 2.80. The number of aliphatic carboxylic acids is 1. The smallest absolute Gasteiger partial charge is 0.323 e. The number of nitrogens with zero attached hydrogens (tertiary/aromatic N) is 1. The van der Waals surface area contributed by atoms with Crippen molar-refractivity contribution in [3.8, 4) is 5.75 Å². The predicted octanol–water partition coefficient (Wildman–Crippen LogP) is 2.79. The number of phenolic OH excluding ortho intramolecular Hbond substituents is 1. The number of hydrogen-bond acceptors (Lipinski definition) is 6. The van der Waals surface area contributed by atoms with Crippen molar-refractivity contribution in [3.63, 3.8) is 0 Å². The summed E-state index contributed by atoms with van der Waals surface area (Å²) in [5, 5.41) is 21.3. The number of hydroxylamine groups is 2. The minimum absolute atomic E-state index is 0.000641. The largest absolute Gasteiger partial charge is 0.508 e. The maximum Gasteiger partial charge on any atom is 0.323 e. The van der Waals surface area contributed by atoms with Gasteiger partial charge in [0.2, 0.25) is 0 Å². The van der Waals surface area contributed by atoms with Crippen LogP contribution in [-0.2, 0) is 25.6 Å². The average molecular weight is 401 g/mol. The molecule has 0 amide bonds. The van der Waals surface area contributed by atoms with Crippen LogP contribution in [0, 0.1) is 0 Å². The number of benzene rings is 3. The lowest BCUT2D eigenvalue weighted by Gasteiger charge is -2.23. The minimum atomic E-state index is -4.21. The third-order valence-corrected chi connectivity index (χ3v) is 5.58. The van der Waals surface area contributed by atoms with E-state index in [2.05, 4.69) is 0 Å². The second kappa shape index (κ2) is 7.97. The van der Waals surface area contributed by atoms with Gasteiger partial charge in [-0.25, -0.2) is 0 Å². The van der Waals surface area contributed by atoms with E-state index in [0.717, 1.165) is 15.8 Å². The summed E-state index contributed by atoms with van der Waals surface area (Å²) in [7, 11) is -2.94. The minimum Gasteiger partial charge on any atom is -0.508 e. The number of likely N-dealkylation sites (N-methyl/N-ethyl adjacent to an activating group) is 1. The van der Waals surface area contributed by atoms with Gasteiger partial charge in [0.05, 0.1) is 4.90 Å². The van der Waals surface area contributed by atoms with Gasteiger partial charge in [-0.15, -0.1) is 0 Å². The molecule has 8 heteroatoms. The van der Waals surface area contributed by atoms with Crippen molar-refractivity contribution in [3.05, 3.63) is 72.3 Å². The Morgan fingerprint density at radius 2 is 1.68 bits per heavy atom. The van der Waals surface area contributed by atoms with Crippen LogP contribution in [0.15, 0.2) is 71.6 Å². The van der Waals surface area contributed by atoms with Crippen LogP contribution >= 0.6 is 0 Å². The first-order valence-corrected chi connectivity index (χ1v) is 9.84. The quantitative estimate of drug-likeness (QED) is 0.587. The van der Waals surface area contributed by atoms with Crippen molar-refractivity contribution in [2.45, 2.75) is 17.4 Å². The number of hydrogen-bond donors (Lipinski definition) is 2. The molecule has 7 nitrogen and oxygen atoms in total. The van der Waals surface area contributed by atoms with Gasteiger partial charge < -0.3 is 10.2 Å². The standard InChI is InChI=1S/C20H19NO6S/c1-21(19(20(23)24)12-14-6-9-17(22)10-7-14)27-28(25,26)18-11-8-15-4-2-3-5-16(15)13-18/h2-11,13,19,22H,12H2,1H3,(H,23,24)/t19-/m0/s1. The number of aromatic hydroxyl groups is 1. The first-order valence-electron chi connectivity index (χ1n) is 8.43. The molecule has 0 bridgehead atoms. The lowest BCUT2D eigenvalue weighted by molar-refractivity contribution is -0.155. The zero-order chi connectivity index (χ0) is 20.3. The summed E-state index contributed by atoms with van der Waals surface area (Å²) in [6.07, 6.45) is -0.000641. The summed E-state index contributed by atoms with van der Waals surface area (Å²) in [6.45, 7) is 0. The zero-order valence-electron chi connectivity index (χ0n) is 15.0. The number of carboxylic acid groups (broad SMARTS) is 1. The van der Waals surface area contributed by atoms with Crippen molar-refractivity contribution in [1.82, 2.24) is 5.06 Å². The van der Waals surface area contributed by atoms with Gasteiger partial charge in [-0.1, -0.05) is 42.5 Å². The molecule has 1 atom stereocenters. The summed E-state index contributed by atoms with van der Waals surface area (Å²) >= 11 is 0. The van der Waals surface area contributed by atoms with Crippen LogP contribution in [0.4, 0.5) is 0 Å². The monoisotopic (exact) mass is 401 g/mol. The number of phenols is 1.